The summed E-state index contributed by atoms with van der Waals surface area (Å²) in [4.78, 5) is 27.5. The molecular weight excluding hydrogens is 660 g/mol. The standard InChI is InChI=1S/C21H16Br4N4O2/c1-20(2)5-4-12-21(14-10(26-12)6-9(22)15(23)16(14)24)7-13(30)29(21)8-11(31-3)17-18(20)28-19(25)27-17/h4-6,8H,7H2,1-3H3,(H,27,28)/b5-4-,11-8+. The quantitative estimate of drug-likeness (QED) is 0.279. The lowest BCUT2D eigenvalue weighted by atomic mass is 9.74. The Morgan fingerprint density at radius 2 is 1.94 bits per heavy atom. The normalized spacial score (nSPS) is 25.9. The van der Waals surface area contributed by atoms with Crippen LogP contribution in [0.4, 0.5) is 5.69 Å². The Hall–Kier alpha value is -1.23. The molecule has 1 N–H and O–H groups in total. The second-order valence-corrected chi connectivity index (χ2v) is 11.4. The van der Waals surface area contributed by atoms with Crippen LogP contribution in [0.5, 0.6) is 0 Å². The molecule has 1 unspecified atom stereocenters. The molecule has 1 fully saturated rings. The molecule has 1 atom stereocenters. The number of β-lactam (4-membered cyclic amide) rings is 1. The van der Waals surface area contributed by atoms with Crippen LogP contribution in [0.2, 0.25) is 0 Å². The number of methoxy groups -OCH3 is 1. The second kappa shape index (κ2) is 7.13. The summed E-state index contributed by atoms with van der Waals surface area (Å²) in [7, 11) is 1.59. The number of nitrogens with one attached hydrogen (secondary N) is 1. The van der Waals surface area contributed by atoms with Crippen LogP contribution in [-0.4, -0.2) is 33.6 Å². The molecule has 0 aliphatic carbocycles. The first-order chi connectivity index (χ1) is 14.6. The predicted octanol–water partition coefficient (Wildman–Crippen LogP) is 6.47. The third-order valence-electron chi connectivity index (χ3n) is 5.98. The molecular formula is C21H16Br4N4O2. The van der Waals surface area contributed by atoms with Crippen molar-refractivity contribution in [3.05, 3.63) is 59.5 Å². The molecule has 0 bridgehead atoms. The van der Waals surface area contributed by atoms with Crippen LogP contribution >= 0.6 is 63.7 Å². The summed E-state index contributed by atoms with van der Waals surface area (Å²) in [5.41, 5.74) is 3.03. The topological polar surface area (TPSA) is 70.6 Å². The highest BCUT2D eigenvalue weighted by Crippen LogP contribution is 2.57. The van der Waals surface area contributed by atoms with Crippen molar-refractivity contribution in [2.75, 3.05) is 7.11 Å². The fourth-order valence-corrected chi connectivity index (χ4v) is 6.51. The Bertz CT molecular complexity index is 1260. The highest BCUT2D eigenvalue weighted by molar-refractivity contribution is 9.14. The molecule has 1 saturated heterocycles. The number of allylic oxidation sites excluding steroid dienone is 1. The smallest absolute Gasteiger partial charge is 0.230 e. The molecule has 3 aliphatic heterocycles. The molecule has 160 valence electrons. The number of imidazole rings is 1. The number of benzene rings is 1. The van der Waals surface area contributed by atoms with E-state index in [9.17, 15) is 4.79 Å². The number of hydrogen-bond acceptors (Lipinski definition) is 4. The summed E-state index contributed by atoms with van der Waals surface area (Å²) in [5.74, 6) is 0.498. The first kappa shape index (κ1) is 21.6. The van der Waals surface area contributed by atoms with Crippen molar-refractivity contribution in [3.8, 4) is 0 Å². The summed E-state index contributed by atoms with van der Waals surface area (Å²) in [6.45, 7) is 4.20. The first-order valence-electron chi connectivity index (χ1n) is 9.41. The number of halogens is 4. The highest BCUT2D eigenvalue weighted by Gasteiger charge is 2.59. The molecule has 1 amide bonds. The Labute approximate surface area is 212 Å². The van der Waals surface area contributed by atoms with Gasteiger partial charge in [-0.3, -0.25) is 14.7 Å². The highest BCUT2D eigenvalue weighted by atomic mass is 79.9. The van der Waals surface area contributed by atoms with Crippen LogP contribution in [0.15, 0.2) is 47.6 Å². The lowest BCUT2D eigenvalue weighted by Crippen LogP contribution is -2.61. The number of carbonyl (C=O) groups is 1. The van der Waals surface area contributed by atoms with Gasteiger partial charge in [-0.25, -0.2) is 4.98 Å². The third-order valence-corrected chi connectivity index (χ3v) is 9.67. The molecule has 1 aromatic carbocycles. The Morgan fingerprint density at radius 3 is 2.61 bits per heavy atom. The number of amides is 1. The zero-order valence-corrected chi connectivity index (χ0v) is 23.0. The maximum atomic E-state index is 12.9. The predicted molar refractivity (Wildman–Crippen MR) is 133 cm³/mol. The number of H-pyrrole nitrogens is 1. The fourth-order valence-electron chi connectivity index (χ4n) is 4.39. The summed E-state index contributed by atoms with van der Waals surface area (Å²) < 4.78 is 8.98. The summed E-state index contributed by atoms with van der Waals surface area (Å²) in [6.07, 6.45) is 6.19. The molecule has 31 heavy (non-hydrogen) atoms. The van der Waals surface area contributed by atoms with Crippen LogP contribution in [0.1, 0.15) is 37.2 Å². The zero-order chi connectivity index (χ0) is 22.3. The van der Waals surface area contributed by atoms with E-state index in [2.05, 4.69) is 93.6 Å². The van der Waals surface area contributed by atoms with Gasteiger partial charge in [-0.2, -0.15) is 0 Å². The molecule has 3 aliphatic rings. The zero-order valence-electron chi connectivity index (χ0n) is 16.7. The van der Waals surface area contributed by atoms with Crippen LogP contribution in [-0.2, 0) is 20.5 Å². The van der Waals surface area contributed by atoms with E-state index in [4.69, 9.17) is 9.73 Å². The number of hydrogen-bond donors (Lipinski definition) is 1. The van der Waals surface area contributed by atoms with Gasteiger partial charge in [0.05, 0.1) is 36.8 Å². The molecule has 0 radical (unpaired) electrons. The number of aliphatic imine (C=N–C) groups is 1. The van der Waals surface area contributed by atoms with Crippen molar-refractivity contribution in [3.63, 3.8) is 0 Å². The van der Waals surface area contributed by atoms with Crippen LogP contribution in [0.3, 0.4) is 0 Å². The van der Waals surface area contributed by atoms with Crippen LogP contribution in [0.25, 0.3) is 5.76 Å². The van der Waals surface area contributed by atoms with Crippen LogP contribution in [0, 0.1) is 0 Å². The largest absolute Gasteiger partial charge is 0.493 e. The van der Waals surface area contributed by atoms with E-state index in [1.807, 2.05) is 12.1 Å². The fraction of sp³-hybridized carbons (Fsp3) is 0.286. The van der Waals surface area contributed by atoms with Crippen molar-refractivity contribution in [2.45, 2.75) is 31.2 Å². The molecule has 4 heterocycles. The number of ether oxygens (including phenoxy) is 1. The summed E-state index contributed by atoms with van der Waals surface area (Å²) in [5, 5.41) is 0. The molecule has 1 aromatic heterocycles. The number of aromatic nitrogens is 2. The number of carbonyl (C=O) groups excluding carboxylic acids is 1. The van der Waals surface area contributed by atoms with Crippen molar-refractivity contribution in [1.29, 1.82) is 0 Å². The van der Waals surface area contributed by atoms with Gasteiger partial charge in [0.2, 0.25) is 5.91 Å². The maximum Gasteiger partial charge on any atom is 0.230 e. The van der Waals surface area contributed by atoms with Crippen molar-refractivity contribution in [1.82, 2.24) is 14.9 Å². The minimum atomic E-state index is -0.712. The van der Waals surface area contributed by atoms with Gasteiger partial charge in [0.1, 0.15) is 11.2 Å². The number of fused-ring (bicyclic) bond motifs is 2. The summed E-state index contributed by atoms with van der Waals surface area (Å²) >= 11 is 14.4. The average molecular weight is 676 g/mol. The van der Waals surface area contributed by atoms with Gasteiger partial charge in [0.15, 0.2) is 10.5 Å². The molecule has 2 aromatic rings. The molecule has 10 heteroatoms. The van der Waals surface area contributed by atoms with Gasteiger partial charge in [0, 0.05) is 24.4 Å². The van der Waals surface area contributed by atoms with E-state index in [-0.39, 0.29) is 5.91 Å². The minimum Gasteiger partial charge on any atom is -0.493 e. The number of rotatable bonds is 1. The van der Waals surface area contributed by atoms with E-state index in [1.54, 1.807) is 18.2 Å². The Balaban J connectivity index is 1.83. The minimum absolute atomic E-state index is 0.00886. The van der Waals surface area contributed by atoms with E-state index < -0.39 is 11.0 Å². The molecule has 5 rings (SSSR count). The Kier molecular flexibility index (Phi) is 4.97. The van der Waals surface area contributed by atoms with E-state index in [1.165, 1.54) is 0 Å². The van der Waals surface area contributed by atoms with Crippen molar-refractivity contribution >= 4 is 86.8 Å². The van der Waals surface area contributed by atoms with E-state index in [0.717, 1.165) is 36.1 Å². The number of nitrogens with zero attached hydrogens (tertiary/aromatic N) is 3. The van der Waals surface area contributed by atoms with E-state index in [0.29, 0.717) is 22.6 Å². The average Bonchev–Trinajstić information content (AvgIpc) is 3.25. The van der Waals surface area contributed by atoms with Gasteiger partial charge < -0.3 is 9.72 Å². The summed E-state index contributed by atoms with van der Waals surface area (Å²) in [6, 6.07) is 1.97. The molecule has 1 spiro atoms. The second-order valence-electron chi connectivity index (χ2n) is 8.18. The molecule has 0 saturated carbocycles. The molecule has 6 nitrogen and oxygen atoms in total. The first-order valence-corrected chi connectivity index (χ1v) is 12.6. The van der Waals surface area contributed by atoms with Crippen molar-refractivity contribution in [2.24, 2.45) is 4.99 Å². The third kappa shape index (κ3) is 2.94. The van der Waals surface area contributed by atoms with Gasteiger partial charge in [-0.15, -0.1) is 0 Å². The van der Waals surface area contributed by atoms with Gasteiger partial charge in [0.25, 0.3) is 0 Å². The van der Waals surface area contributed by atoms with Crippen LogP contribution < -0.4 is 0 Å². The lowest BCUT2D eigenvalue weighted by molar-refractivity contribution is -0.145. The lowest BCUT2D eigenvalue weighted by Gasteiger charge is -2.49. The maximum absolute atomic E-state index is 12.9. The number of aromatic amines is 1. The van der Waals surface area contributed by atoms with Gasteiger partial charge in [-0.05, 0) is 75.9 Å². The Morgan fingerprint density at radius 1 is 1.19 bits per heavy atom. The van der Waals surface area contributed by atoms with Gasteiger partial charge >= 0.3 is 0 Å². The van der Waals surface area contributed by atoms with E-state index >= 15 is 0 Å². The monoisotopic (exact) mass is 672 g/mol. The van der Waals surface area contributed by atoms with Crippen molar-refractivity contribution < 1.29 is 9.53 Å². The SMILES string of the molecule is CO/C1=C/N2C(=O)CC23C(=Nc2cc(Br)c(Br)c(Br)c23)/C=C\C(C)(C)c2[nH]c(Br)nc21. The van der Waals surface area contributed by atoms with Gasteiger partial charge in [-0.1, -0.05) is 19.9 Å².